The van der Waals surface area contributed by atoms with Gasteiger partial charge in [-0.2, -0.15) is 0 Å². The van der Waals surface area contributed by atoms with Gasteiger partial charge in [-0.3, -0.25) is 0 Å². The number of nitrogens with zero attached hydrogens (tertiary/aromatic N) is 2. The van der Waals surface area contributed by atoms with Gasteiger partial charge in [-0.1, -0.05) is 121 Å². The summed E-state index contributed by atoms with van der Waals surface area (Å²) in [6.07, 6.45) is 0. The molecule has 0 amide bonds. The molecule has 208 valence electrons. The van der Waals surface area contributed by atoms with E-state index in [1.165, 1.54) is 42.4 Å². The first-order valence-corrected chi connectivity index (χ1v) is 15.6. The van der Waals surface area contributed by atoms with E-state index in [0.29, 0.717) is 0 Å². The Hall–Kier alpha value is -5.38. The molecule has 0 aliphatic rings. The first-order valence-electron chi connectivity index (χ1n) is 14.8. The highest BCUT2D eigenvalue weighted by molar-refractivity contribution is 7.26. The Morgan fingerprint density at radius 1 is 0.432 bits per heavy atom. The number of aromatic nitrogens is 2. The number of hydrogen-bond acceptors (Lipinski definition) is 3. The molecule has 8 rings (SSSR count). The Balaban J connectivity index is 1.40. The van der Waals surface area contributed by atoms with Crippen molar-refractivity contribution in [2.24, 2.45) is 0 Å². The highest BCUT2D eigenvalue weighted by Crippen LogP contribution is 2.43. The maximum Gasteiger partial charge on any atom is 0.160 e. The summed E-state index contributed by atoms with van der Waals surface area (Å²) < 4.78 is 2.63. The van der Waals surface area contributed by atoms with E-state index >= 15 is 0 Å². The van der Waals surface area contributed by atoms with E-state index in [0.717, 1.165) is 39.5 Å². The predicted molar refractivity (Wildman–Crippen MR) is 187 cm³/mol. The van der Waals surface area contributed by atoms with Crippen molar-refractivity contribution in [2.75, 3.05) is 0 Å². The molecule has 0 saturated heterocycles. The zero-order valence-corrected chi connectivity index (χ0v) is 25.1. The molecule has 0 N–H and O–H groups in total. The van der Waals surface area contributed by atoms with Crippen LogP contribution in [0.1, 0.15) is 5.56 Å². The van der Waals surface area contributed by atoms with Crippen molar-refractivity contribution in [3.63, 3.8) is 0 Å². The minimum atomic E-state index is 0.719. The summed E-state index contributed by atoms with van der Waals surface area (Å²) in [5, 5.41) is 2.61. The minimum Gasteiger partial charge on any atom is -0.228 e. The quantitative estimate of drug-likeness (QED) is 0.202. The second kappa shape index (κ2) is 11.0. The Bertz CT molecular complexity index is 2210. The zero-order valence-electron chi connectivity index (χ0n) is 24.2. The average Bonchev–Trinajstić information content (AvgIpc) is 3.47. The highest BCUT2D eigenvalue weighted by atomic mass is 32.1. The monoisotopic (exact) mass is 580 g/mol. The molecule has 44 heavy (non-hydrogen) atoms. The van der Waals surface area contributed by atoms with Gasteiger partial charge in [0.25, 0.3) is 0 Å². The Kier molecular flexibility index (Phi) is 6.59. The molecule has 0 radical (unpaired) electrons. The molecule has 0 saturated carbocycles. The van der Waals surface area contributed by atoms with Gasteiger partial charge in [0.2, 0.25) is 0 Å². The van der Waals surface area contributed by atoms with Crippen LogP contribution in [0.5, 0.6) is 0 Å². The van der Waals surface area contributed by atoms with Crippen molar-refractivity contribution in [3.8, 4) is 56.2 Å². The van der Waals surface area contributed by atoms with Crippen molar-refractivity contribution >= 4 is 31.5 Å². The molecule has 0 unspecified atom stereocenters. The van der Waals surface area contributed by atoms with E-state index in [-0.39, 0.29) is 0 Å². The summed E-state index contributed by atoms with van der Waals surface area (Å²) in [6.45, 7) is 2.22. The van der Waals surface area contributed by atoms with Crippen LogP contribution >= 0.6 is 11.3 Å². The molecule has 0 bridgehead atoms. The highest BCUT2D eigenvalue weighted by Gasteiger charge is 2.17. The fourth-order valence-corrected chi connectivity index (χ4v) is 7.35. The molecule has 8 aromatic rings. The van der Waals surface area contributed by atoms with Crippen molar-refractivity contribution < 1.29 is 0 Å². The van der Waals surface area contributed by atoms with E-state index in [2.05, 4.69) is 134 Å². The topological polar surface area (TPSA) is 25.8 Å². The van der Waals surface area contributed by atoms with Crippen molar-refractivity contribution in [3.05, 3.63) is 157 Å². The van der Waals surface area contributed by atoms with Gasteiger partial charge in [-0.05, 0) is 59.5 Å². The van der Waals surface area contributed by atoms with Crippen LogP contribution in [-0.4, -0.2) is 9.97 Å². The summed E-state index contributed by atoms with van der Waals surface area (Å²) in [7, 11) is 0. The number of hydrogen-bond donors (Lipinski definition) is 0. The third kappa shape index (κ3) is 4.78. The van der Waals surface area contributed by atoms with Crippen LogP contribution in [0.15, 0.2) is 152 Å². The summed E-state index contributed by atoms with van der Waals surface area (Å²) in [5.74, 6) is 0.719. The molecule has 0 aliphatic carbocycles. The Morgan fingerprint density at radius 3 is 1.73 bits per heavy atom. The third-order valence-electron chi connectivity index (χ3n) is 8.21. The molecule has 0 aliphatic heterocycles. The summed E-state index contributed by atoms with van der Waals surface area (Å²) in [6, 6.07) is 53.6. The fraction of sp³-hybridized carbons (Fsp3) is 0.0244. The SMILES string of the molecule is Cc1ccc2c(sc3ccccc32)c1-c1cc(-c2ccccc2)cc(-c2cc(-c3ccccc3)nc(-c3ccccc3)n2)c1. The van der Waals surface area contributed by atoms with Crippen LogP contribution in [0.3, 0.4) is 0 Å². The van der Waals surface area contributed by atoms with E-state index in [4.69, 9.17) is 9.97 Å². The van der Waals surface area contributed by atoms with E-state index in [9.17, 15) is 0 Å². The van der Waals surface area contributed by atoms with Gasteiger partial charge in [0.1, 0.15) is 0 Å². The average molecular weight is 581 g/mol. The second-order valence-corrected chi connectivity index (χ2v) is 12.1. The normalized spacial score (nSPS) is 11.3. The summed E-state index contributed by atoms with van der Waals surface area (Å²) >= 11 is 1.87. The van der Waals surface area contributed by atoms with Crippen LogP contribution in [0.25, 0.3) is 76.3 Å². The second-order valence-electron chi connectivity index (χ2n) is 11.1. The number of benzene rings is 6. The number of aryl methyl sites for hydroxylation is 1. The van der Waals surface area contributed by atoms with Crippen LogP contribution in [0.4, 0.5) is 0 Å². The lowest BCUT2D eigenvalue weighted by Gasteiger charge is -2.15. The van der Waals surface area contributed by atoms with Gasteiger partial charge < -0.3 is 0 Å². The van der Waals surface area contributed by atoms with Gasteiger partial charge in [0.15, 0.2) is 5.82 Å². The number of thiophene rings is 1. The number of fused-ring (bicyclic) bond motifs is 3. The van der Waals surface area contributed by atoms with Crippen LogP contribution < -0.4 is 0 Å². The molecule has 2 heterocycles. The van der Waals surface area contributed by atoms with Gasteiger partial charge in [0.05, 0.1) is 11.4 Å². The summed E-state index contributed by atoms with van der Waals surface area (Å²) in [5.41, 5.74) is 11.0. The molecular formula is C41H28N2S. The lowest BCUT2D eigenvalue weighted by Crippen LogP contribution is -1.96. The molecule has 2 nitrogen and oxygen atoms in total. The van der Waals surface area contributed by atoms with Crippen molar-refractivity contribution in [1.29, 1.82) is 0 Å². The lowest BCUT2D eigenvalue weighted by molar-refractivity contribution is 1.18. The molecule has 3 heteroatoms. The van der Waals surface area contributed by atoms with Gasteiger partial charge >= 0.3 is 0 Å². The van der Waals surface area contributed by atoms with Gasteiger partial charge in [-0.25, -0.2) is 9.97 Å². The van der Waals surface area contributed by atoms with Gasteiger partial charge in [-0.15, -0.1) is 11.3 Å². The third-order valence-corrected chi connectivity index (χ3v) is 9.41. The van der Waals surface area contributed by atoms with E-state index in [1.807, 2.05) is 35.6 Å². The van der Waals surface area contributed by atoms with Crippen LogP contribution in [0.2, 0.25) is 0 Å². The van der Waals surface area contributed by atoms with E-state index < -0.39 is 0 Å². The molecule has 0 fully saturated rings. The standard InChI is InChI=1S/C41H28N2S/c1-27-21-22-35-34-19-11-12-20-38(34)44-40(35)39(27)33-24-31(28-13-5-2-6-14-28)23-32(25-33)37-26-36(29-15-7-3-8-16-29)42-41(43-37)30-17-9-4-10-18-30/h2-26H,1H3. The molecule has 0 spiro atoms. The van der Waals surface area contributed by atoms with Crippen LogP contribution in [0, 0.1) is 6.92 Å². The zero-order chi connectivity index (χ0) is 29.5. The maximum atomic E-state index is 5.18. The number of rotatable bonds is 5. The van der Waals surface area contributed by atoms with Crippen molar-refractivity contribution in [1.82, 2.24) is 9.97 Å². The molecule has 0 atom stereocenters. The van der Waals surface area contributed by atoms with Gasteiger partial charge in [0, 0.05) is 42.4 Å². The Labute approximate surface area is 261 Å². The summed E-state index contributed by atoms with van der Waals surface area (Å²) in [4.78, 5) is 10.2. The first-order chi connectivity index (χ1) is 21.7. The molecular weight excluding hydrogens is 553 g/mol. The van der Waals surface area contributed by atoms with Crippen molar-refractivity contribution in [2.45, 2.75) is 6.92 Å². The molecule has 2 aromatic heterocycles. The smallest absolute Gasteiger partial charge is 0.160 e. The Morgan fingerprint density at radius 2 is 1.00 bits per heavy atom. The van der Waals surface area contributed by atoms with Crippen LogP contribution in [-0.2, 0) is 0 Å². The largest absolute Gasteiger partial charge is 0.228 e. The van der Waals surface area contributed by atoms with E-state index in [1.54, 1.807) is 0 Å². The molecule has 6 aromatic carbocycles. The lowest BCUT2D eigenvalue weighted by atomic mass is 9.92. The minimum absolute atomic E-state index is 0.719. The predicted octanol–water partition coefficient (Wildman–Crippen LogP) is 11.5. The maximum absolute atomic E-state index is 5.18. The fourth-order valence-electron chi connectivity index (χ4n) is 6.03. The first kappa shape index (κ1) is 26.3.